The van der Waals surface area contributed by atoms with Crippen LogP contribution >= 0.6 is 23.2 Å². The van der Waals surface area contributed by atoms with Gasteiger partial charge in [0, 0.05) is 0 Å². The first kappa shape index (κ1) is 43.9. The Balaban J connectivity index is 1.39. The topological polar surface area (TPSA) is 40.6 Å². The van der Waals surface area contributed by atoms with E-state index in [0.717, 1.165) is 23.3 Å². The fourth-order valence-corrected chi connectivity index (χ4v) is 17.6. The number of nitrogens with zero attached hydrogens (tertiary/aromatic N) is 2. The van der Waals surface area contributed by atoms with E-state index < -0.39 is 67.9 Å². The van der Waals surface area contributed by atoms with Crippen molar-refractivity contribution < 1.29 is 43.7 Å². The molecule has 0 radical (unpaired) electrons. The summed E-state index contributed by atoms with van der Waals surface area (Å²) in [4.78, 5) is 31.5. The van der Waals surface area contributed by atoms with E-state index in [-0.39, 0.29) is 35.6 Å². The summed E-state index contributed by atoms with van der Waals surface area (Å²) < 4.78 is 68.7. The molecule has 0 spiro atoms. The molecule has 0 heterocycles. The van der Waals surface area contributed by atoms with Gasteiger partial charge in [0.05, 0.1) is 0 Å². The third-order valence-corrected chi connectivity index (χ3v) is 20.7. The van der Waals surface area contributed by atoms with E-state index in [2.05, 4.69) is 0 Å². The Labute approximate surface area is 377 Å². The minimum absolute atomic E-state index is 0.116. The van der Waals surface area contributed by atoms with Crippen LogP contribution in [-0.4, -0.2) is 11.8 Å². The SMILES string of the molecule is Cc1ccc(CN(C(=O)c2ccc(Cl)cc2)c2ccc(F)[c]([Ti]([c]3c(F)ccc(N(Cc4ccc(C)cc4)C(=O)c4ccc(Cl)cc4)c3F)([CH]3C=CC=C3)[CH]3C=CC=C3)c2F)cc1. The number of rotatable bonds is 12. The monoisotopic (exact) mass is 918 g/mol. The van der Waals surface area contributed by atoms with Crippen LogP contribution < -0.4 is 17.5 Å². The second-order valence-corrected chi connectivity index (χ2v) is 23.0. The van der Waals surface area contributed by atoms with Gasteiger partial charge in [-0.25, -0.2) is 0 Å². The Morgan fingerprint density at radius 3 is 1.16 bits per heavy atom. The molecule has 0 N–H and O–H groups in total. The number of halogens is 6. The van der Waals surface area contributed by atoms with Crippen molar-refractivity contribution in [2.24, 2.45) is 0 Å². The number of amides is 2. The first-order valence-corrected chi connectivity index (χ1v) is 24.4. The van der Waals surface area contributed by atoms with E-state index in [9.17, 15) is 9.59 Å². The van der Waals surface area contributed by atoms with E-state index >= 15 is 17.6 Å². The molecule has 8 rings (SSSR count). The van der Waals surface area contributed by atoms with Crippen LogP contribution in [0.25, 0.3) is 0 Å². The summed E-state index contributed by atoms with van der Waals surface area (Å²) in [5.74, 6) is -5.43. The zero-order valence-corrected chi connectivity index (χ0v) is 37.3. The molecule has 63 heavy (non-hydrogen) atoms. The summed E-state index contributed by atoms with van der Waals surface area (Å²) in [5, 5.41) is 0.775. The third kappa shape index (κ3) is 8.66. The number of hydrogen-bond acceptors (Lipinski definition) is 2. The number of carbonyl (C=O) groups excluding carboxylic acids is 2. The Kier molecular flexibility index (Phi) is 12.9. The van der Waals surface area contributed by atoms with Crippen LogP contribution in [0.4, 0.5) is 28.9 Å². The van der Waals surface area contributed by atoms with Crippen molar-refractivity contribution in [1.29, 1.82) is 0 Å². The van der Waals surface area contributed by atoms with Gasteiger partial charge >= 0.3 is 380 Å². The summed E-state index contributed by atoms with van der Waals surface area (Å²) in [6, 6.07) is 31.5. The van der Waals surface area contributed by atoms with Crippen molar-refractivity contribution in [3.05, 3.63) is 237 Å². The molecule has 2 aliphatic carbocycles. The molecule has 0 saturated heterocycles. The van der Waals surface area contributed by atoms with E-state index in [1.54, 1.807) is 72.9 Å². The van der Waals surface area contributed by atoms with Gasteiger partial charge in [-0.3, -0.25) is 0 Å². The number of anilines is 2. The molecule has 6 aromatic rings. The van der Waals surface area contributed by atoms with E-state index in [4.69, 9.17) is 23.2 Å². The third-order valence-electron chi connectivity index (χ3n) is 11.7. The molecule has 2 aliphatic rings. The van der Waals surface area contributed by atoms with Crippen LogP contribution in [0.15, 0.2) is 170 Å². The van der Waals surface area contributed by atoms with Gasteiger partial charge in [0.2, 0.25) is 0 Å². The van der Waals surface area contributed by atoms with Crippen molar-refractivity contribution in [2.75, 3.05) is 9.80 Å². The van der Waals surface area contributed by atoms with Crippen molar-refractivity contribution in [3.8, 4) is 0 Å². The normalized spacial score (nSPS) is 13.6. The molecule has 0 aromatic heterocycles. The van der Waals surface area contributed by atoms with Crippen molar-refractivity contribution in [2.45, 2.75) is 35.4 Å². The van der Waals surface area contributed by atoms with Gasteiger partial charge in [0.1, 0.15) is 0 Å². The maximum absolute atomic E-state index is 18.4. The number of aryl methyl sites for hydroxylation is 2. The molecule has 316 valence electrons. The molecule has 4 nitrogen and oxygen atoms in total. The summed E-state index contributed by atoms with van der Waals surface area (Å²) in [7, 11) is 0. The van der Waals surface area contributed by atoms with Crippen LogP contribution in [0, 0.1) is 37.1 Å². The molecule has 11 heteroatoms. The molecule has 0 atom stereocenters. The average Bonchev–Trinajstić information content (AvgIpc) is 4.03. The van der Waals surface area contributed by atoms with Gasteiger partial charge in [-0.2, -0.15) is 0 Å². The molecular formula is C52H40Cl2F4N2O2Ti. The summed E-state index contributed by atoms with van der Waals surface area (Å²) >= 11 is 6.90. The van der Waals surface area contributed by atoms with Crippen LogP contribution in [0.2, 0.25) is 18.5 Å². The van der Waals surface area contributed by atoms with E-state index in [1.807, 2.05) is 62.4 Å². The molecule has 2 amide bonds. The van der Waals surface area contributed by atoms with Crippen molar-refractivity contribution >= 4 is 54.1 Å². The summed E-state index contributed by atoms with van der Waals surface area (Å²) in [6.07, 6.45) is 13.7. The Morgan fingerprint density at radius 2 is 0.825 bits per heavy atom. The van der Waals surface area contributed by atoms with Gasteiger partial charge in [-0.05, 0) is 0 Å². The summed E-state index contributed by atoms with van der Waals surface area (Å²) in [6.45, 7) is 3.60. The maximum atomic E-state index is 18.4. The van der Waals surface area contributed by atoms with E-state index in [0.29, 0.717) is 21.2 Å². The number of allylic oxidation sites excluding steroid dienone is 8. The quantitative estimate of drug-likeness (QED) is 0.0906. The van der Waals surface area contributed by atoms with Crippen LogP contribution in [0.3, 0.4) is 0 Å². The van der Waals surface area contributed by atoms with Crippen LogP contribution in [0.5, 0.6) is 0 Å². The Morgan fingerprint density at radius 1 is 0.492 bits per heavy atom. The van der Waals surface area contributed by atoms with Gasteiger partial charge in [-0.1, -0.05) is 0 Å². The van der Waals surface area contributed by atoms with Gasteiger partial charge < -0.3 is 0 Å². The fourth-order valence-electron chi connectivity index (χ4n) is 8.52. The van der Waals surface area contributed by atoms with Gasteiger partial charge in [-0.15, -0.1) is 0 Å². The van der Waals surface area contributed by atoms with Crippen LogP contribution in [-0.2, 0) is 29.7 Å². The molecular weight excluding hydrogens is 879 g/mol. The Bertz CT molecular complexity index is 2610. The van der Waals surface area contributed by atoms with Crippen molar-refractivity contribution in [1.82, 2.24) is 0 Å². The predicted octanol–water partition coefficient (Wildman–Crippen LogP) is 12.8. The van der Waals surface area contributed by atoms with Crippen LogP contribution in [0.1, 0.15) is 43.0 Å². The van der Waals surface area contributed by atoms with Gasteiger partial charge in [0.25, 0.3) is 0 Å². The molecule has 0 unspecified atom stereocenters. The standard InChI is InChI=1S/2C21H15ClF2NO.2C5H5.Ti/c2*1-14-2-4-15(5-3-14)13-25(20-11-10-18(23)12-19(20)24)21(26)16-6-8-17(22)9-7-16;2*1-2-4-5-3-1;/h2*2-11H,13H2,1H3;2*1-5H;. The number of hydrogen-bond donors (Lipinski definition) is 0. The van der Waals surface area contributed by atoms with E-state index in [1.165, 1.54) is 46.2 Å². The second-order valence-electron chi connectivity index (χ2n) is 15.7. The fraction of sp³-hybridized carbons (Fsp3) is 0.115. The molecule has 0 fully saturated rings. The average molecular weight is 920 g/mol. The molecule has 0 bridgehead atoms. The zero-order valence-electron chi connectivity index (χ0n) is 34.2. The molecule has 6 aromatic carbocycles. The first-order valence-electron chi connectivity index (χ1n) is 20.3. The molecule has 0 aliphatic heterocycles. The Hall–Kier alpha value is -5.77. The second kappa shape index (κ2) is 18.5. The number of benzene rings is 6. The van der Waals surface area contributed by atoms with Crippen molar-refractivity contribution in [3.63, 3.8) is 0 Å². The number of carbonyl (C=O) groups is 2. The zero-order chi connectivity index (χ0) is 44.4. The minimum atomic E-state index is -5.46. The predicted molar refractivity (Wildman–Crippen MR) is 242 cm³/mol. The first-order chi connectivity index (χ1) is 30.4. The summed E-state index contributed by atoms with van der Waals surface area (Å²) in [5.41, 5.74) is 3.10. The molecule has 0 saturated carbocycles. The van der Waals surface area contributed by atoms with Gasteiger partial charge in [0.15, 0.2) is 0 Å².